The van der Waals surface area contributed by atoms with Crippen LogP contribution in [0.1, 0.15) is 33.4 Å². The van der Waals surface area contributed by atoms with Gasteiger partial charge in [0, 0.05) is 11.5 Å². The molecule has 0 aromatic heterocycles. The van der Waals surface area contributed by atoms with E-state index in [2.05, 4.69) is 22.6 Å². The normalized spacial score (nSPS) is 25.4. The summed E-state index contributed by atoms with van der Waals surface area (Å²) in [7, 11) is 1.63. The highest BCUT2D eigenvalue weighted by atomic mass is 127. The lowest BCUT2D eigenvalue weighted by Gasteiger charge is -2.50. The molecule has 0 spiro atoms. The van der Waals surface area contributed by atoms with Crippen LogP contribution in [0.4, 0.5) is 0 Å². The first kappa shape index (κ1) is 48.1. The zero-order chi connectivity index (χ0) is 45.2. The SMILES string of the molecule is CO[C@H]1O[C@H](CI)[C@@H](O[C@H]2O[C@H](COCc3ccccc3)[C@H](OCc3ccccc3)[C@H](OCc3ccccc3)[C@H]2OCc2ccccc2)[C@H](OCc2ccccc2)[C@H]1OCc1ccccc1. The third-order valence-corrected chi connectivity index (χ3v) is 12.5. The minimum atomic E-state index is -1.01. The number of alkyl halides is 1. The van der Waals surface area contributed by atoms with Gasteiger partial charge in [0.1, 0.15) is 42.7 Å². The van der Waals surface area contributed by atoms with Gasteiger partial charge in [-0.3, -0.25) is 0 Å². The zero-order valence-corrected chi connectivity index (χ0v) is 39.4. The Balaban J connectivity index is 1.17. The lowest BCUT2D eigenvalue weighted by molar-refractivity contribution is -0.371. The Labute approximate surface area is 402 Å². The molecule has 0 amide bonds. The summed E-state index contributed by atoms with van der Waals surface area (Å²) in [5.74, 6) is 0. The van der Waals surface area contributed by atoms with Gasteiger partial charge in [0.25, 0.3) is 0 Å². The summed E-state index contributed by atoms with van der Waals surface area (Å²) in [6, 6.07) is 60.5. The Morgan fingerprint density at radius 3 is 1.06 bits per heavy atom. The fraction of sp³-hybridized carbons (Fsp3) is 0.345. The highest BCUT2D eigenvalue weighted by Crippen LogP contribution is 2.37. The smallest absolute Gasteiger partial charge is 0.187 e. The van der Waals surface area contributed by atoms with E-state index >= 15 is 0 Å². The summed E-state index contributed by atoms with van der Waals surface area (Å²) in [5, 5.41) is 0. The molecule has 0 N–H and O–H groups in total. The lowest BCUT2D eigenvalue weighted by Crippen LogP contribution is -2.66. The second-order valence-electron chi connectivity index (χ2n) is 16.4. The van der Waals surface area contributed by atoms with E-state index in [-0.39, 0.29) is 13.2 Å². The second-order valence-corrected chi connectivity index (χ2v) is 17.3. The van der Waals surface area contributed by atoms with Crippen molar-refractivity contribution in [3.63, 3.8) is 0 Å². The molecule has 10 atom stereocenters. The van der Waals surface area contributed by atoms with E-state index in [4.69, 9.17) is 47.4 Å². The largest absolute Gasteiger partial charge is 0.374 e. The van der Waals surface area contributed by atoms with Crippen LogP contribution in [0.2, 0.25) is 0 Å². The topological polar surface area (TPSA) is 92.3 Å². The quantitative estimate of drug-likeness (QED) is 0.0457. The van der Waals surface area contributed by atoms with Crippen molar-refractivity contribution in [2.45, 2.75) is 101 Å². The van der Waals surface area contributed by atoms with Gasteiger partial charge in [-0.25, -0.2) is 0 Å². The number of benzene rings is 6. The first-order valence-electron chi connectivity index (χ1n) is 22.6. The van der Waals surface area contributed by atoms with Gasteiger partial charge in [-0.05, 0) is 33.4 Å². The molecule has 0 radical (unpaired) electrons. The van der Waals surface area contributed by atoms with Crippen LogP contribution in [0.5, 0.6) is 0 Å². The van der Waals surface area contributed by atoms with Crippen LogP contribution in [0.25, 0.3) is 0 Å². The lowest BCUT2D eigenvalue weighted by atomic mass is 9.96. The van der Waals surface area contributed by atoms with Gasteiger partial charge in [0.2, 0.25) is 0 Å². The van der Waals surface area contributed by atoms with Gasteiger partial charge < -0.3 is 47.4 Å². The van der Waals surface area contributed by atoms with Crippen LogP contribution in [-0.2, 0) is 87.0 Å². The Morgan fingerprint density at radius 1 is 0.364 bits per heavy atom. The molecule has 0 aliphatic carbocycles. The van der Waals surface area contributed by atoms with Crippen molar-refractivity contribution in [3.8, 4) is 0 Å². The third kappa shape index (κ3) is 13.6. The molecule has 10 nitrogen and oxygen atoms in total. The standard InChI is InChI=1S/C55H59IO10/c1-57-54-52(62-37-44-28-16-6-17-29-44)51(61-36-43-26-14-5-15-27-43)49(46(32-56)64-54)66-55-53(63-38-45-30-18-7-19-31-45)50(60-35-42-24-12-4-13-25-42)48(59-34-41-22-10-3-11-23-41)47(65-55)39-58-33-40-20-8-2-9-21-40/h2-31,46-55H,32-39H2,1H3/t46-,47-,48+,49-,50+,51+,52-,53-,54+,55-/m1/s1. The van der Waals surface area contributed by atoms with Gasteiger partial charge >= 0.3 is 0 Å². The van der Waals surface area contributed by atoms with Crippen LogP contribution in [0.3, 0.4) is 0 Å². The second kappa shape index (κ2) is 25.7. The third-order valence-electron chi connectivity index (χ3n) is 11.7. The minimum absolute atomic E-state index is 0.185. The first-order valence-corrected chi connectivity index (χ1v) is 24.1. The molecule has 2 fully saturated rings. The van der Waals surface area contributed by atoms with Crippen molar-refractivity contribution in [1.82, 2.24) is 0 Å². The van der Waals surface area contributed by atoms with E-state index < -0.39 is 61.4 Å². The average molecular weight is 1010 g/mol. The predicted molar refractivity (Wildman–Crippen MR) is 259 cm³/mol. The number of hydrogen-bond acceptors (Lipinski definition) is 10. The van der Waals surface area contributed by atoms with Crippen molar-refractivity contribution < 1.29 is 47.4 Å². The number of ether oxygens (including phenoxy) is 10. The molecule has 8 rings (SSSR count). The Morgan fingerprint density at radius 2 is 0.682 bits per heavy atom. The first-order chi connectivity index (χ1) is 32.6. The Kier molecular flexibility index (Phi) is 18.7. The molecule has 66 heavy (non-hydrogen) atoms. The van der Waals surface area contributed by atoms with Crippen LogP contribution >= 0.6 is 22.6 Å². The molecular formula is C55H59IO10. The molecule has 6 aromatic carbocycles. The van der Waals surface area contributed by atoms with Crippen molar-refractivity contribution in [2.24, 2.45) is 0 Å². The summed E-state index contributed by atoms with van der Waals surface area (Å²) in [6.07, 6.45) is -7.10. The maximum Gasteiger partial charge on any atom is 0.187 e. The monoisotopic (exact) mass is 1010 g/mol. The van der Waals surface area contributed by atoms with E-state index in [0.717, 1.165) is 33.4 Å². The van der Waals surface area contributed by atoms with Crippen LogP contribution < -0.4 is 0 Å². The van der Waals surface area contributed by atoms with E-state index in [9.17, 15) is 0 Å². The molecule has 6 aromatic rings. The number of rotatable bonds is 23. The molecule has 0 saturated carbocycles. The van der Waals surface area contributed by atoms with Crippen LogP contribution in [0.15, 0.2) is 182 Å². The van der Waals surface area contributed by atoms with E-state index in [0.29, 0.717) is 37.5 Å². The Bertz CT molecular complexity index is 2230. The van der Waals surface area contributed by atoms with Crippen molar-refractivity contribution >= 4 is 22.6 Å². The molecule has 2 aliphatic rings. The zero-order valence-electron chi connectivity index (χ0n) is 37.2. The van der Waals surface area contributed by atoms with Crippen molar-refractivity contribution in [2.75, 3.05) is 18.1 Å². The van der Waals surface area contributed by atoms with Gasteiger partial charge in [0.05, 0.1) is 52.4 Å². The number of hydrogen-bond donors (Lipinski definition) is 0. The van der Waals surface area contributed by atoms with Gasteiger partial charge in [-0.15, -0.1) is 0 Å². The summed E-state index contributed by atoms with van der Waals surface area (Å²) >= 11 is 2.34. The van der Waals surface area contributed by atoms with E-state index in [1.54, 1.807) is 7.11 Å². The van der Waals surface area contributed by atoms with Gasteiger partial charge in [-0.2, -0.15) is 0 Å². The molecule has 2 saturated heterocycles. The average Bonchev–Trinajstić information content (AvgIpc) is 3.38. The molecular weight excluding hydrogens is 947 g/mol. The fourth-order valence-electron chi connectivity index (χ4n) is 8.27. The Hall–Kier alpha value is -4.35. The molecule has 0 bridgehead atoms. The molecule has 346 valence electrons. The van der Waals surface area contributed by atoms with Crippen LogP contribution in [-0.4, -0.2) is 79.6 Å². The summed E-state index contributed by atoms with van der Waals surface area (Å²) in [4.78, 5) is 0. The maximum atomic E-state index is 7.37. The molecule has 2 heterocycles. The number of methoxy groups -OCH3 is 1. The fourth-order valence-corrected chi connectivity index (χ4v) is 8.98. The summed E-state index contributed by atoms with van der Waals surface area (Å²) < 4.78 is 69.0. The van der Waals surface area contributed by atoms with Gasteiger partial charge in [-0.1, -0.05) is 205 Å². The van der Waals surface area contributed by atoms with Crippen molar-refractivity contribution in [1.29, 1.82) is 0 Å². The number of halogens is 1. The highest BCUT2D eigenvalue weighted by Gasteiger charge is 2.54. The summed E-state index contributed by atoms with van der Waals surface area (Å²) in [6.45, 7) is 2.04. The minimum Gasteiger partial charge on any atom is -0.374 e. The van der Waals surface area contributed by atoms with Crippen LogP contribution in [0, 0.1) is 0 Å². The maximum absolute atomic E-state index is 7.37. The highest BCUT2D eigenvalue weighted by molar-refractivity contribution is 14.1. The van der Waals surface area contributed by atoms with E-state index in [1.807, 2.05) is 182 Å². The summed E-state index contributed by atoms with van der Waals surface area (Å²) in [5.41, 5.74) is 6.06. The predicted octanol–water partition coefficient (Wildman–Crippen LogP) is 10.0. The van der Waals surface area contributed by atoms with E-state index in [1.165, 1.54) is 0 Å². The molecule has 2 aliphatic heterocycles. The molecule has 0 unspecified atom stereocenters. The van der Waals surface area contributed by atoms with Gasteiger partial charge in [0.15, 0.2) is 12.6 Å². The molecule has 11 heteroatoms. The van der Waals surface area contributed by atoms with Crippen molar-refractivity contribution in [3.05, 3.63) is 215 Å².